The maximum absolute atomic E-state index is 12.5. The normalized spacial score (nSPS) is 17.5. The Bertz CT molecular complexity index is 669. The maximum atomic E-state index is 12.5. The lowest BCUT2D eigenvalue weighted by atomic mass is 10.2. The molecule has 0 saturated carbocycles. The van der Waals surface area contributed by atoms with Crippen molar-refractivity contribution in [3.8, 4) is 5.75 Å². The number of anilines is 1. The van der Waals surface area contributed by atoms with Crippen LogP contribution in [0.3, 0.4) is 0 Å². The summed E-state index contributed by atoms with van der Waals surface area (Å²) in [5.74, 6) is -0.138. The van der Waals surface area contributed by atoms with E-state index in [9.17, 15) is 13.6 Å². The highest BCUT2D eigenvalue weighted by atomic mass is 32.1. The summed E-state index contributed by atoms with van der Waals surface area (Å²) in [4.78, 5) is 13.9. The minimum Gasteiger partial charge on any atom is -0.433 e. The van der Waals surface area contributed by atoms with Crippen molar-refractivity contribution in [1.82, 2.24) is 14.9 Å². The average Bonchev–Trinajstić information content (AvgIpc) is 3.18. The zero-order chi connectivity index (χ0) is 16.2. The second-order valence-corrected chi connectivity index (χ2v) is 5.65. The molecule has 1 atom stereocenters. The quantitative estimate of drug-likeness (QED) is 0.903. The number of aromatic nitrogens is 2. The molecule has 0 radical (unpaired) electrons. The van der Waals surface area contributed by atoms with Gasteiger partial charge in [-0.05, 0) is 30.1 Å². The molecular formula is C14H14F2N4O2S. The molecule has 6 nitrogen and oxygen atoms in total. The van der Waals surface area contributed by atoms with Gasteiger partial charge in [0.2, 0.25) is 0 Å². The summed E-state index contributed by atoms with van der Waals surface area (Å²) in [6.07, 6.45) is 0.715. The van der Waals surface area contributed by atoms with Crippen LogP contribution >= 0.6 is 11.5 Å². The minimum absolute atomic E-state index is 0.0798. The smallest absolute Gasteiger partial charge is 0.387 e. The molecule has 23 heavy (non-hydrogen) atoms. The predicted molar refractivity (Wildman–Crippen MR) is 81.1 cm³/mol. The average molecular weight is 340 g/mol. The van der Waals surface area contributed by atoms with E-state index in [0.717, 1.165) is 11.5 Å². The van der Waals surface area contributed by atoms with E-state index in [0.29, 0.717) is 25.2 Å². The largest absolute Gasteiger partial charge is 0.433 e. The Hall–Kier alpha value is -2.29. The topological polar surface area (TPSA) is 67.4 Å². The molecule has 9 heteroatoms. The molecule has 122 valence electrons. The molecule has 1 aromatic heterocycles. The summed E-state index contributed by atoms with van der Waals surface area (Å²) >= 11 is 1.11. The standard InChI is InChI=1S/C14H14F2N4O2S/c15-14(16)22-12-4-2-1-3-11(12)20-6-5-9(7-20)17-13(21)10-8-23-19-18-10/h1-4,8-9,14H,5-7H2,(H,17,21)/t9-/m0/s1. The van der Waals surface area contributed by atoms with Crippen LogP contribution in [0.5, 0.6) is 5.75 Å². The molecule has 2 aromatic rings. The van der Waals surface area contributed by atoms with E-state index >= 15 is 0 Å². The lowest BCUT2D eigenvalue weighted by molar-refractivity contribution is -0.0495. The van der Waals surface area contributed by atoms with Gasteiger partial charge in [-0.15, -0.1) is 5.10 Å². The van der Waals surface area contributed by atoms with Crippen LogP contribution < -0.4 is 15.0 Å². The fraction of sp³-hybridized carbons (Fsp3) is 0.357. The monoisotopic (exact) mass is 340 g/mol. The van der Waals surface area contributed by atoms with Crippen molar-refractivity contribution in [2.45, 2.75) is 19.1 Å². The molecule has 0 spiro atoms. The molecule has 0 aliphatic carbocycles. The molecule has 2 heterocycles. The fourth-order valence-corrected chi connectivity index (χ4v) is 2.97. The van der Waals surface area contributed by atoms with Crippen LogP contribution in [0.4, 0.5) is 14.5 Å². The number of benzene rings is 1. The van der Waals surface area contributed by atoms with Crippen LogP contribution in [-0.2, 0) is 0 Å². The molecule has 1 N–H and O–H groups in total. The number of hydrogen-bond donors (Lipinski definition) is 1. The third-order valence-electron chi connectivity index (χ3n) is 3.54. The maximum Gasteiger partial charge on any atom is 0.387 e. The second kappa shape index (κ2) is 6.86. The number of nitrogens with one attached hydrogen (secondary N) is 1. The summed E-state index contributed by atoms with van der Waals surface area (Å²) < 4.78 is 33.2. The Morgan fingerprint density at radius 3 is 3.00 bits per heavy atom. The van der Waals surface area contributed by atoms with E-state index in [-0.39, 0.29) is 23.4 Å². The number of amides is 1. The van der Waals surface area contributed by atoms with Gasteiger partial charge >= 0.3 is 6.61 Å². The van der Waals surface area contributed by atoms with Crippen molar-refractivity contribution < 1.29 is 18.3 Å². The van der Waals surface area contributed by atoms with Gasteiger partial charge in [0.05, 0.1) is 5.69 Å². The Balaban J connectivity index is 1.65. The summed E-state index contributed by atoms with van der Waals surface area (Å²) in [5.41, 5.74) is 0.884. The minimum atomic E-state index is -2.87. The van der Waals surface area contributed by atoms with Gasteiger partial charge < -0.3 is 15.0 Å². The molecule has 1 saturated heterocycles. The summed E-state index contributed by atoms with van der Waals surface area (Å²) in [6, 6.07) is 6.57. The van der Waals surface area contributed by atoms with Crippen LogP contribution in [0, 0.1) is 0 Å². The fourth-order valence-electron chi connectivity index (χ4n) is 2.53. The van der Waals surface area contributed by atoms with E-state index < -0.39 is 6.61 Å². The number of para-hydroxylation sites is 2. The van der Waals surface area contributed by atoms with E-state index in [1.807, 2.05) is 4.90 Å². The van der Waals surface area contributed by atoms with Gasteiger partial charge in [-0.1, -0.05) is 16.6 Å². The SMILES string of the molecule is O=C(N[C@H]1CCN(c2ccccc2OC(F)F)C1)c1csnn1. The van der Waals surface area contributed by atoms with Crippen molar-refractivity contribution in [1.29, 1.82) is 0 Å². The number of hydrogen-bond acceptors (Lipinski definition) is 6. The Kier molecular flexibility index (Phi) is 4.65. The number of ether oxygens (including phenoxy) is 1. The highest BCUT2D eigenvalue weighted by Gasteiger charge is 2.27. The van der Waals surface area contributed by atoms with Crippen LogP contribution in [0.25, 0.3) is 0 Å². The lowest BCUT2D eigenvalue weighted by Gasteiger charge is -2.21. The molecule has 3 rings (SSSR count). The third-order valence-corrected chi connectivity index (χ3v) is 4.04. The second-order valence-electron chi connectivity index (χ2n) is 5.04. The Morgan fingerprint density at radius 1 is 1.43 bits per heavy atom. The van der Waals surface area contributed by atoms with Crippen LogP contribution in [0.15, 0.2) is 29.6 Å². The van der Waals surface area contributed by atoms with Crippen LogP contribution in [0.2, 0.25) is 0 Å². The highest BCUT2D eigenvalue weighted by Crippen LogP contribution is 2.31. The first kappa shape index (κ1) is 15.6. The number of carbonyl (C=O) groups is 1. The van der Waals surface area contributed by atoms with Crippen molar-refractivity contribution in [2.24, 2.45) is 0 Å². The van der Waals surface area contributed by atoms with Gasteiger partial charge in [-0.25, -0.2) is 0 Å². The highest BCUT2D eigenvalue weighted by molar-refractivity contribution is 7.03. The molecule has 1 amide bonds. The molecule has 0 unspecified atom stereocenters. The van der Waals surface area contributed by atoms with Gasteiger partial charge in [-0.2, -0.15) is 8.78 Å². The van der Waals surface area contributed by atoms with Gasteiger partial charge in [0.25, 0.3) is 5.91 Å². The van der Waals surface area contributed by atoms with Crippen molar-refractivity contribution >= 4 is 23.1 Å². The van der Waals surface area contributed by atoms with Crippen molar-refractivity contribution in [3.05, 3.63) is 35.3 Å². The number of alkyl halides is 2. The first-order valence-electron chi connectivity index (χ1n) is 7.00. The van der Waals surface area contributed by atoms with E-state index in [4.69, 9.17) is 0 Å². The summed E-state index contributed by atoms with van der Waals surface area (Å²) in [5, 5.41) is 8.17. The molecule has 1 aromatic carbocycles. The third kappa shape index (κ3) is 3.73. The van der Waals surface area contributed by atoms with Gasteiger partial charge in [-0.3, -0.25) is 4.79 Å². The lowest BCUT2D eigenvalue weighted by Crippen LogP contribution is -2.37. The zero-order valence-electron chi connectivity index (χ0n) is 12.0. The predicted octanol–water partition coefficient (Wildman–Crippen LogP) is 2.15. The van der Waals surface area contributed by atoms with Crippen LogP contribution in [-0.4, -0.2) is 41.2 Å². The van der Waals surface area contributed by atoms with E-state index in [1.54, 1.807) is 23.6 Å². The molecule has 1 aliphatic rings. The summed E-state index contributed by atoms with van der Waals surface area (Å²) in [7, 11) is 0. The molecular weight excluding hydrogens is 326 g/mol. The van der Waals surface area contributed by atoms with E-state index in [2.05, 4.69) is 19.6 Å². The number of rotatable bonds is 5. The Morgan fingerprint density at radius 2 is 2.26 bits per heavy atom. The number of carbonyl (C=O) groups excluding carboxylic acids is 1. The van der Waals surface area contributed by atoms with Crippen molar-refractivity contribution in [3.63, 3.8) is 0 Å². The first-order valence-corrected chi connectivity index (χ1v) is 7.84. The number of nitrogens with zero attached hydrogens (tertiary/aromatic N) is 3. The first-order chi connectivity index (χ1) is 11.1. The van der Waals surface area contributed by atoms with Gasteiger partial charge in [0.15, 0.2) is 5.69 Å². The summed E-state index contributed by atoms with van der Waals surface area (Å²) in [6.45, 7) is -1.71. The van der Waals surface area contributed by atoms with Crippen LogP contribution in [0.1, 0.15) is 16.9 Å². The zero-order valence-corrected chi connectivity index (χ0v) is 12.8. The molecule has 1 aliphatic heterocycles. The van der Waals surface area contributed by atoms with Crippen molar-refractivity contribution in [2.75, 3.05) is 18.0 Å². The van der Waals surface area contributed by atoms with Gasteiger partial charge in [0, 0.05) is 24.5 Å². The molecule has 1 fully saturated rings. The van der Waals surface area contributed by atoms with E-state index in [1.165, 1.54) is 6.07 Å². The Labute approximate surface area is 135 Å². The number of halogens is 2. The van der Waals surface area contributed by atoms with Gasteiger partial charge in [0.1, 0.15) is 5.75 Å². The molecule has 0 bridgehead atoms.